The number of nitrogens with one attached hydrogen (secondary N) is 2. The van der Waals surface area contributed by atoms with E-state index in [0.717, 1.165) is 20.0 Å². The molecule has 1 aliphatic carbocycles. The molecule has 0 aromatic heterocycles. The van der Waals surface area contributed by atoms with Gasteiger partial charge in [-0.05, 0) is 56.8 Å². The van der Waals surface area contributed by atoms with E-state index in [0.29, 0.717) is 19.4 Å². The molecule has 10 heteroatoms. The van der Waals surface area contributed by atoms with Gasteiger partial charge in [0.25, 0.3) is 5.78 Å². The summed E-state index contributed by atoms with van der Waals surface area (Å²) < 4.78 is 9.99. The minimum absolute atomic E-state index is 0.0821. The fraction of sp³-hybridized carbons (Fsp3) is 0.815. The largest absolute Gasteiger partial charge is 0.463 e. The van der Waals surface area contributed by atoms with Gasteiger partial charge in [-0.15, -0.1) is 0 Å². The zero-order valence-electron chi connectivity index (χ0n) is 23.8. The summed E-state index contributed by atoms with van der Waals surface area (Å²) in [7, 11) is 1.13. The highest BCUT2D eigenvalue weighted by atomic mass is 16.6. The average Bonchev–Trinajstić information content (AvgIpc) is 3.46. The maximum absolute atomic E-state index is 13.9. The highest BCUT2D eigenvalue weighted by Crippen LogP contribution is 2.35. The number of alkyl carbamates (subject to hydrolysis) is 1. The number of likely N-dealkylation sites (tertiary alicyclic amines) is 1. The first-order chi connectivity index (χ1) is 17.0. The molecule has 1 saturated carbocycles. The van der Waals surface area contributed by atoms with Gasteiger partial charge in [0.15, 0.2) is 0 Å². The van der Waals surface area contributed by atoms with Gasteiger partial charge in [0, 0.05) is 6.54 Å². The van der Waals surface area contributed by atoms with Gasteiger partial charge in [0.05, 0.1) is 13.2 Å². The Morgan fingerprint density at radius 1 is 0.946 bits per heavy atom. The van der Waals surface area contributed by atoms with E-state index in [2.05, 4.69) is 15.4 Å². The molecule has 2 N–H and O–H groups in total. The lowest BCUT2D eigenvalue weighted by molar-refractivity contribution is -0.153. The summed E-state index contributed by atoms with van der Waals surface area (Å²) >= 11 is 0. The number of ketones is 1. The second kappa shape index (κ2) is 11.8. The molecule has 1 aliphatic heterocycles. The van der Waals surface area contributed by atoms with Crippen molar-refractivity contribution >= 4 is 29.7 Å². The number of methoxy groups -OCH3 is 1. The first-order valence-corrected chi connectivity index (χ1v) is 13.2. The average molecular weight is 524 g/mol. The van der Waals surface area contributed by atoms with E-state index >= 15 is 0 Å². The number of ether oxygens (including phenoxy) is 2. The zero-order chi connectivity index (χ0) is 28.3. The van der Waals surface area contributed by atoms with Gasteiger partial charge in [-0.1, -0.05) is 47.5 Å². The summed E-state index contributed by atoms with van der Waals surface area (Å²) in [5.41, 5.74) is -1.41. The van der Waals surface area contributed by atoms with Crippen molar-refractivity contribution < 1.29 is 33.4 Å². The van der Waals surface area contributed by atoms with E-state index in [4.69, 9.17) is 4.74 Å². The van der Waals surface area contributed by atoms with Gasteiger partial charge in [0.2, 0.25) is 11.8 Å². The van der Waals surface area contributed by atoms with Crippen molar-refractivity contribution in [2.75, 3.05) is 13.7 Å². The van der Waals surface area contributed by atoms with Crippen molar-refractivity contribution in [1.82, 2.24) is 15.5 Å². The third kappa shape index (κ3) is 8.43. The van der Waals surface area contributed by atoms with Crippen LogP contribution in [0.5, 0.6) is 0 Å². The first-order valence-electron chi connectivity index (χ1n) is 13.2. The lowest BCUT2D eigenvalue weighted by Gasteiger charge is -2.37. The molecule has 2 aliphatic rings. The van der Waals surface area contributed by atoms with Crippen LogP contribution in [0.3, 0.4) is 0 Å². The second-order valence-corrected chi connectivity index (χ2v) is 12.7. The van der Waals surface area contributed by atoms with E-state index in [-0.39, 0.29) is 23.7 Å². The lowest BCUT2D eigenvalue weighted by atomic mass is 9.84. The topological polar surface area (TPSA) is 131 Å². The Morgan fingerprint density at radius 3 is 2.00 bits per heavy atom. The van der Waals surface area contributed by atoms with Crippen LogP contribution in [0.4, 0.5) is 4.79 Å². The summed E-state index contributed by atoms with van der Waals surface area (Å²) in [6.45, 7) is 15.0. The van der Waals surface area contributed by atoms with Crippen LogP contribution in [0.2, 0.25) is 0 Å². The van der Waals surface area contributed by atoms with Crippen molar-refractivity contribution in [2.45, 2.75) is 105 Å². The van der Waals surface area contributed by atoms with Crippen LogP contribution in [0.25, 0.3) is 0 Å². The number of esters is 1. The Balaban J connectivity index is 2.32. The molecule has 0 spiro atoms. The quantitative estimate of drug-likeness (QED) is 0.351. The van der Waals surface area contributed by atoms with Crippen molar-refractivity contribution in [2.24, 2.45) is 23.2 Å². The van der Waals surface area contributed by atoms with Gasteiger partial charge in [-0.2, -0.15) is 0 Å². The molecule has 1 heterocycles. The van der Waals surface area contributed by atoms with Gasteiger partial charge in [-0.25, -0.2) is 9.59 Å². The number of amides is 3. The molecule has 1 saturated heterocycles. The molecule has 0 aromatic carbocycles. The fourth-order valence-electron chi connectivity index (χ4n) is 4.76. The Labute approximate surface area is 220 Å². The van der Waals surface area contributed by atoms with Crippen LogP contribution in [-0.2, 0) is 28.7 Å². The van der Waals surface area contributed by atoms with Crippen LogP contribution in [0.15, 0.2) is 0 Å². The zero-order valence-corrected chi connectivity index (χ0v) is 23.8. The van der Waals surface area contributed by atoms with Crippen molar-refractivity contribution in [1.29, 1.82) is 0 Å². The third-order valence-corrected chi connectivity index (χ3v) is 6.91. The lowest BCUT2D eigenvalue weighted by Crippen LogP contribution is -2.60. The number of hydrogen-bond acceptors (Lipinski definition) is 7. The Kier molecular flexibility index (Phi) is 9.76. The van der Waals surface area contributed by atoms with Crippen LogP contribution in [0, 0.1) is 23.2 Å². The molecule has 10 nitrogen and oxygen atoms in total. The summed E-state index contributed by atoms with van der Waals surface area (Å²) in [5, 5.41) is 5.48. The maximum atomic E-state index is 13.9. The summed E-state index contributed by atoms with van der Waals surface area (Å²) in [5.74, 6) is -2.46. The Hall–Kier alpha value is -2.65. The monoisotopic (exact) mass is 523 g/mol. The summed E-state index contributed by atoms with van der Waals surface area (Å²) in [6, 6.07) is -2.79. The number of Topliss-reactive ketones (excluding diaryl/α,β-unsaturated/α-hetero) is 1. The Morgan fingerprint density at radius 2 is 1.54 bits per heavy atom. The molecule has 210 valence electrons. The minimum Gasteiger partial charge on any atom is -0.463 e. The SMILES string of the molecule is COC(=O)C(=O)C(CC1CC1)NC(=O)[C@@H]1C(C(C)C)CCN1C(=O)C(NC(=O)OC(C)(C)C)C(C)(C)C. The summed E-state index contributed by atoms with van der Waals surface area (Å²) in [6.07, 6.45) is 2.12. The predicted octanol–water partition coefficient (Wildman–Crippen LogP) is 2.83. The van der Waals surface area contributed by atoms with E-state index in [1.54, 1.807) is 20.8 Å². The highest BCUT2D eigenvalue weighted by molar-refractivity contribution is 6.36. The molecular weight excluding hydrogens is 478 g/mol. The van der Waals surface area contributed by atoms with Crippen LogP contribution in [0.1, 0.15) is 81.1 Å². The number of nitrogens with zero attached hydrogens (tertiary/aromatic N) is 1. The van der Waals surface area contributed by atoms with Gasteiger partial charge in [-0.3, -0.25) is 14.4 Å². The predicted molar refractivity (Wildman–Crippen MR) is 137 cm³/mol. The molecule has 0 radical (unpaired) electrons. The van der Waals surface area contributed by atoms with Gasteiger partial charge in [0.1, 0.15) is 17.7 Å². The normalized spacial score (nSPS) is 21.7. The highest BCUT2D eigenvalue weighted by Gasteiger charge is 2.48. The molecule has 37 heavy (non-hydrogen) atoms. The number of hydrogen-bond donors (Lipinski definition) is 2. The fourth-order valence-corrected chi connectivity index (χ4v) is 4.76. The number of rotatable bonds is 9. The van der Waals surface area contributed by atoms with E-state index in [1.165, 1.54) is 4.90 Å². The molecule has 0 bridgehead atoms. The van der Waals surface area contributed by atoms with Gasteiger partial charge >= 0.3 is 12.1 Å². The van der Waals surface area contributed by atoms with Crippen LogP contribution < -0.4 is 10.6 Å². The van der Waals surface area contributed by atoms with E-state index in [9.17, 15) is 24.0 Å². The van der Waals surface area contributed by atoms with E-state index < -0.39 is 52.9 Å². The second-order valence-electron chi connectivity index (χ2n) is 12.7. The van der Waals surface area contributed by atoms with Crippen molar-refractivity contribution in [3.63, 3.8) is 0 Å². The molecule has 2 rings (SSSR count). The molecule has 4 atom stereocenters. The Bertz CT molecular complexity index is 883. The van der Waals surface area contributed by atoms with Gasteiger partial charge < -0.3 is 25.0 Å². The molecule has 3 unspecified atom stereocenters. The number of carbonyl (C=O) groups is 5. The van der Waals surface area contributed by atoms with E-state index in [1.807, 2.05) is 34.6 Å². The first kappa shape index (κ1) is 30.6. The minimum atomic E-state index is -1.00. The smallest absolute Gasteiger partial charge is 0.408 e. The van der Waals surface area contributed by atoms with Crippen molar-refractivity contribution in [3.05, 3.63) is 0 Å². The van der Waals surface area contributed by atoms with Crippen molar-refractivity contribution in [3.8, 4) is 0 Å². The molecule has 3 amide bonds. The molecule has 2 fully saturated rings. The standard InChI is InChI=1S/C27H45N3O7/c1-15(2)17-12-13-30(23(33)21(26(3,4)5)29-25(35)37-27(6,7)8)19(17)22(32)28-18(14-16-10-11-16)20(31)24(34)36-9/h15-19,21H,10-14H2,1-9H3,(H,28,32)(H,29,35)/t17?,18?,19-,21?/m0/s1. The summed E-state index contributed by atoms with van der Waals surface area (Å²) in [4.78, 5) is 66.2. The molecular formula is C27H45N3O7. The molecule has 0 aromatic rings. The van der Waals surface area contributed by atoms with Crippen LogP contribution in [-0.4, -0.2) is 71.9 Å². The van der Waals surface area contributed by atoms with Crippen LogP contribution >= 0.6 is 0 Å². The maximum Gasteiger partial charge on any atom is 0.408 e. The third-order valence-electron chi connectivity index (χ3n) is 6.91. The number of carbonyl (C=O) groups excluding carboxylic acids is 5.